The number of aromatic nitrogens is 3. The first-order chi connectivity index (χ1) is 15.7. The summed E-state index contributed by atoms with van der Waals surface area (Å²) in [4.78, 5) is 17.5. The molecule has 0 radical (unpaired) electrons. The molecule has 0 bridgehead atoms. The summed E-state index contributed by atoms with van der Waals surface area (Å²) in [5.41, 5.74) is 3.92. The average molecular weight is 443 g/mol. The summed E-state index contributed by atoms with van der Waals surface area (Å²) in [5, 5.41) is 11.7. The summed E-state index contributed by atoms with van der Waals surface area (Å²) in [5.74, 6) is 0.436. The summed E-state index contributed by atoms with van der Waals surface area (Å²) in [7, 11) is 1.57. The number of amides is 1. The molecule has 1 N–H and O–H groups in total. The number of nitrogens with one attached hydrogen (secondary N) is 1. The molecule has 0 aliphatic rings. The second-order valence-corrected chi connectivity index (χ2v) is 8.28. The number of thioether (sulfide) groups is 1. The van der Waals surface area contributed by atoms with Crippen molar-refractivity contribution in [2.24, 2.45) is 0 Å². The molecule has 160 valence electrons. The van der Waals surface area contributed by atoms with Crippen LogP contribution in [0.15, 0.2) is 90.1 Å². The standard InChI is InChI=1S/C25H22N4O2S/c1-17(24(30)26-20-15-9-10-16-21(20)31-2)32-25-27-22(18-11-5-3-6-12-18)23(28-29-25)19-13-7-4-8-14-19/h3-17H,1-2H3,(H,26,30)/t17-/m1/s1. The fourth-order valence-electron chi connectivity index (χ4n) is 3.14. The van der Waals surface area contributed by atoms with E-state index in [0.717, 1.165) is 16.8 Å². The molecule has 6 nitrogen and oxygen atoms in total. The van der Waals surface area contributed by atoms with Gasteiger partial charge in [0.1, 0.15) is 17.1 Å². The monoisotopic (exact) mass is 442 g/mol. The summed E-state index contributed by atoms with van der Waals surface area (Å²) < 4.78 is 5.31. The van der Waals surface area contributed by atoms with Crippen molar-refractivity contribution in [2.75, 3.05) is 12.4 Å². The van der Waals surface area contributed by atoms with E-state index in [1.807, 2.05) is 79.7 Å². The molecule has 4 aromatic rings. The maximum Gasteiger partial charge on any atom is 0.237 e. The number of carbonyl (C=O) groups excluding carboxylic acids is 1. The lowest BCUT2D eigenvalue weighted by Crippen LogP contribution is -2.23. The minimum absolute atomic E-state index is 0.170. The molecule has 0 saturated carbocycles. The molecule has 0 unspecified atom stereocenters. The number of nitrogens with zero attached hydrogens (tertiary/aromatic N) is 3. The predicted octanol–water partition coefficient (Wildman–Crippen LogP) is 5.33. The van der Waals surface area contributed by atoms with Crippen LogP contribution in [0.5, 0.6) is 5.75 Å². The van der Waals surface area contributed by atoms with Crippen molar-refractivity contribution in [3.8, 4) is 28.3 Å². The molecular weight excluding hydrogens is 420 g/mol. The summed E-state index contributed by atoms with van der Waals surface area (Å²) in [6, 6.07) is 27.0. The Morgan fingerprint density at radius 3 is 2.09 bits per heavy atom. The maximum absolute atomic E-state index is 12.8. The van der Waals surface area contributed by atoms with Crippen molar-refractivity contribution in [1.82, 2.24) is 15.2 Å². The van der Waals surface area contributed by atoms with Crippen molar-refractivity contribution in [1.29, 1.82) is 0 Å². The Bertz CT molecular complexity index is 1200. The lowest BCUT2D eigenvalue weighted by molar-refractivity contribution is -0.115. The highest BCUT2D eigenvalue weighted by molar-refractivity contribution is 8.00. The van der Waals surface area contributed by atoms with E-state index < -0.39 is 5.25 Å². The Hall–Kier alpha value is -3.71. The van der Waals surface area contributed by atoms with E-state index in [4.69, 9.17) is 9.72 Å². The number of benzene rings is 3. The fourth-order valence-corrected chi connectivity index (χ4v) is 3.86. The quantitative estimate of drug-likeness (QED) is 0.390. The Morgan fingerprint density at radius 1 is 0.844 bits per heavy atom. The first kappa shape index (κ1) is 21.5. The zero-order chi connectivity index (χ0) is 22.3. The number of rotatable bonds is 7. The highest BCUT2D eigenvalue weighted by Gasteiger charge is 2.20. The second kappa shape index (κ2) is 10.1. The Morgan fingerprint density at radius 2 is 1.44 bits per heavy atom. The number of hydrogen-bond acceptors (Lipinski definition) is 6. The number of hydrogen-bond donors (Lipinski definition) is 1. The van der Waals surface area contributed by atoms with Crippen molar-refractivity contribution in [2.45, 2.75) is 17.3 Å². The highest BCUT2D eigenvalue weighted by atomic mass is 32.2. The third-order valence-electron chi connectivity index (χ3n) is 4.78. The topological polar surface area (TPSA) is 77.0 Å². The van der Waals surface area contributed by atoms with Crippen LogP contribution in [0.2, 0.25) is 0 Å². The van der Waals surface area contributed by atoms with Crippen molar-refractivity contribution in [3.63, 3.8) is 0 Å². The Kier molecular flexibility index (Phi) is 6.77. The van der Waals surface area contributed by atoms with Gasteiger partial charge in [-0.1, -0.05) is 84.6 Å². The van der Waals surface area contributed by atoms with Gasteiger partial charge in [0.25, 0.3) is 0 Å². The molecule has 0 fully saturated rings. The van der Waals surface area contributed by atoms with Gasteiger partial charge >= 0.3 is 0 Å². The third kappa shape index (κ3) is 4.95. The summed E-state index contributed by atoms with van der Waals surface area (Å²) >= 11 is 1.26. The number of anilines is 1. The van der Waals surface area contributed by atoms with Crippen LogP contribution in [-0.2, 0) is 4.79 Å². The number of para-hydroxylation sites is 2. The average Bonchev–Trinajstić information content (AvgIpc) is 2.85. The van der Waals surface area contributed by atoms with E-state index in [-0.39, 0.29) is 5.91 Å². The highest BCUT2D eigenvalue weighted by Crippen LogP contribution is 2.31. The van der Waals surface area contributed by atoms with Crippen molar-refractivity contribution < 1.29 is 9.53 Å². The van der Waals surface area contributed by atoms with Crippen LogP contribution in [0.25, 0.3) is 22.5 Å². The van der Waals surface area contributed by atoms with Crippen LogP contribution in [0.1, 0.15) is 6.92 Å². The first-order valence-electron chi connectivity index (χ1n) is 10.1. The van der Waals surface area contributed by atoms with Gasteiger partial charge in [0, 0.05) is 11.1 Å². The molecule has 0 saturated heterocycles. The van der Waals surface area contributed by atoms with Crippen LogP contribution < -0.4 is 10.1 Å². The van der Waals surface area contributed by atoms with Gasteiger partial charge in [0.05, 0.1) is 18.0 Å². The molecule has 1 atom stereocenters. The van der Waals surface area contributed by atoms with E-state index >= 15 is 0 Å². The van der Waals surface area contributed by atoms with Crippen LogP contribution in [0.4, 0.5) is 5.69 Å². The van der Waals surface area contributed by atoms with Crippen LogP contribution in [0.3, 0.4) is 0 Å². The first-order valence-corrected chi connectivity index (χ1v) is 11.0. The summed E-state index contributed by atoms with van der Waals surface area (Å²) in [6.45, 7) is 1.81. The van der Waals surface area contributed by atoms with E-state index in [0.29, 0.717) is 22.3 Å². The minimum atomic E-state index is -0.437. The lowest BCUT2D eigenvalue weighted by atomic mass is 10.0. The van der Waals surface area contributed by atoms with Gasteiger partial charge in [-0.3, -0.25) is 4.79 Å². The molecule has 0 aliphatic heterocycles. The molecule has 0 spiro atoms. The Balaban J connectivity index is 1.59. The molecule has 1 amide bonds. The minimum Gasteiger partial charge on any atom is -0.495 e. The predicted molar refractivity (Wildman–Crippen MR) is 128 cm³/mol. The zero-order valence-electron chi connectivity index (χ0n) is 17.7. The summed E-state index contributed by atoms with van der Waals surface area (Å²) in [6.07, 6.45) is 0. The molecule has 1 aromatic heterocycles. The van der Waals surface area contributed by atoms with Gasteiger partial charge in [0.15, 0.2) is 0 Å². The molecule has 4 rings (SSSR count). The second-order valence-electron chi connectivity index (χ2n) is 6.97. The number of methoxy groups -OCH3 is 1. The SMILES string of the molecule is COc1ccccc1NC(=O)[C@@H](C)Sc1nnc(-c2ccccc2)c(-c2ccccc2)n1. The van der Waals surface area contributed by atoms with Crippen LogP contribution in [0, 0.1) is 0 Å². The third-order valence-corrected chi connectivity index (χ3v) is 5.73. The molecule has 32 heavy (non-hydrogen) atoms. The maximum atomic E-state index is 12.8. The fraction of sp³-hybridized carbons (Fsp3) is 0.120. The van der Waals surface area contributed by atoms with Gasteiger partial charge in [-0.05, 0) is 19.1 Å². The van der Waals surface area contributed by atoms with Crippen LogP contribution in [-0.4, -0.2) is 33.4 Å². The van der Waals surface area contributed by atoms with Gasteiger partial charge < -0.3 is 10.1 Å². The smallest absolute Gasteiger partial charge is 0.237 e. The molecule has 1 heterocycles. The Labute approximate surface area is 191 Å². The van der Waals surface area contributed by atoms with E-state index in [2.05, 4.69) is 15.5 Å². The molecule has 0 aliphatic carbocycles. The van der Waals surface area contributed by atoms with Gasteiger partial charge in [0.2, 0.25) is 11.1 Å². The van der Waals surface area contributed by atoms with Gasteiger partial charge in [-0.15, -0.1) is 10.2 Å². The lowest BCUT2D eigenvalue weighted by Gasteiger charge is -2.14. The zero-order valence-corrected chi connectivity index (χ0v) is 18.5. The molecule has 7 heteroatoms. The largest absolute Gasteiger partial charge is 0.495 e. The number of ether oxygens (including phenoxy) is 1. The molecule has 3 aromatic carbocycles. The van der Waals surface area contributed by atoms with Gasteiger partial charge in [-0.2, -0.15) is 0 Å². The van der Waals surface area contributed by atoms with Crippen molar-refractivity contribution in [3.05, 3.63) is 84.9 Å². The normalized spacial score (nSPS) is 11.6. The molecular formula is C25H22N4O2S. The number of carbonyl (C=O) groups is 1. The van der Waals surface area contributed by atoms with E-state index in [1.165, 1.54) is 11.8 Å². The van der Waals surface area contributed by atoms with Crippen molar-refractivity contribution >= 4 is 23.4 Å². The van der Waals surface area contributed by atoms with E-state index in [9.17, 15) is 4.79 Å². The van der Waals surface area contributed by atoms with Crippen LogP contribution >= 0.6 is 11.8 Å². The van der Waals surface area contributed by atoms with Gasteiger partial charge in [-0.25, -0.2) is 4.98 Å². The van der Waals surface area contributed by atoms with E-state index in [1.54, 1.807) is 19.2 Å².